The van der Waals surface area contributed by atoms with Gasteiger partial charge in [-0.05, 0) is 25.2 Å². The third-order valence-electron chi connectivity index (χ3n) is 3.76. The number of carboxylic acid groups (broad SMARTS) is 1. The Morgan fingerprint density at radius 1 is 1.17 bits per heavy atom. The summed E-state index contributed by atoms with van der Waals surface area (Å²) in [5.41, 5.74) is -0.948. The van der Waals surface area contributed by atoms with E-state index in [0.29, 0.717) is 6.42 Å². The maximum absolute atomic E-state index is 12.3. The molecule has 0 bridgehead atoms. The monoisotopic (exact) mass is 258 g/mol. The number of aliphatic carboxylic acids is 1. The molecular formula is C14H26O4. The minimum Gasteiger partial charge on any atom is -0.481 e. The van der Waals surface area contributed by atoms with Crippen molar-refractivity contribution in [3.63, 3.8) is 0 Å². The Hall–Kier alpha value is -1.06. The molecule has 2 atom stereocenters. The van der Waals surface area contributed by atoms with E-state index in [1.165, 1.54) is 0 Å². The van der Waals surface area contributed by atoms with Gasteiger partial charge in [-0.25, -0.2) is 0 Å². The van der Waals surface area contributed by atoms with Gasteiger partial charge in [0.1, 0.15) is 0 Å². The van der Waals surface area contributed by atoms with Gasteiger partial charge in [-0.1, -0.05) is 34.6 Å². The smallest absolute Gasteiger partial charge is 0.313 e. The standard InChI is InChI=1S/C14H26O4/c1-7-14(10(5)6,13(17)18-8-2)11(9(3)4)12(15)16/h9-11H,7-8H2,1-6H3,(H,15,16). The molecule has 1 N–H and O–H groups in total. The Labute approximate surface area is 110 Å². The molecule has 106 valence electrons. The lowest BCUT2D eigenvalue weighted by Crippen LogP contribution is -2.49. The van der Waals surface area contributed by atoms with Crippen molar-refractivity contribution in [1.29, 1.82) is 0 Å². The zero-order valence-electron chi connectivity index (χ0n) is 12.3. The molecule has 0 amide bonds. The van der Waals surface area contributed by atoms with Crippen molar-refractivity contribution < 1.29 is 19.4 Å². The number of ether oxygens (including phenoxy) is 1. The van der Waals surface area contributed by atoms with Crippen molar-refractivity contribution in [2.75, 3.05) is 6.61 Å². The molecule has 0 aliphatic heterocycles. The zero-order chi connectivity index (χ0) is 14.5. The van der Waals surface area contributed by atoms with Gasteiger partial charge in [0.15, 0.2) is 0 Å². The van der Waals surface area contributed by atoms with Crippen LogP contribution in [0, 0.1) is 23.2 Å². The van der Waals surface area contributed by atoms with Crippen molar-refractivity contribution in [3.8, 4) is 0 Å². The summed E-state index contributed by atoms with van der Waals surface area (Å²) in [6.45, 7) is 11.3. The van der Waals surface area contributed by atoms with Gasteiger partial charge in [0.25, 0.3) is 0 Å². The van der Waals surface area contributed by atoms with Crippen LogP contribution in [-0.4, -0.2) is 23.7 Å². The highest BCUT2D eigenvalue weighted by Crippen LogP contribution is 2.44. The molecule has 18 heavy (non-hydrogen) atoms. The summed E-state index contributed by atoms with van der Waals surface area (Å²) in [5, 5.41) is 9.47. The second-order valence-electron chi connectivity index (χ2n) is 5.33. The summed E-state index contributed by atoms with van der Waals surface area (Å²) in [5.74, 6) is -2.22. The van der Waals surface area contributed by atoms with Gasteiger partial charge < -0.3 is 9.84 Å². The Morgan fingerprint density at radius 3 is 1.89 bits per heavy atom. The number of esters is 1. The van der Waals surface area contributed by atoms with E-state index in [0.717, 1.165) is 0 Å². The minimum atomic E-state index is -0.948. The molecule has 0 radical (unpaired) electrons. The normalized spacial score (nSPS) is 16.4. The van der Waals surface area contributed by atoms with E-state index in [-0.39, 0.29) is 24.4 Å². The van der Waals surface area contributed by atoms with Gasteiger partial charge in [0, 0.05) is 0 Å². The third-order valence-corrected chi connectivity index (χ3v) is 3.76. The van der Waals surface area contributed by atoms with E-state index < -0.39 is 17.3 Å². The van der Waals surface area contributed by atoms with E-state index in [1.54, 1.807) is 6.92 Å². The fourth-order valence-corrected chi connectivity index (χ4v) is 2.86. The molecule has 4 nitrogen and oxygen atoms in total. The number of carbonyl (C=O) groups is 2. The molecule has 0 aromatic rings. The van der Waals surface area contributed by atoms with Crippen LogP contribution in [0.25, 0.3) is 0 Å². The molecule has 0 rings (SSSR count). The Balaban J connectivity index is 5.69. The molecule has 0 heterocycles. The summed E-state index contributed by atoms with van der Waals surface area (Å²) in [6.07, 6.45) is 0.471. The summed E-state index contributed by atoms with van der Waals surface area (Å²) in [6, 6.07) is 0. The Kier molecular flexibility index (Phi) is 6.36. The Bertz CT molecular complexity index is 296. The first-order valence-electron chi connectivity index (χ1n) is 6.65. The van der Waals surface area contributed by atoms with E-state index in [1.807, 2.05) is 34.6 Å². The van der Waals surface area contributed by atoms with Crippen LogP contribution in [0.1, 0.15) is 48.0 Å². The fraction of sp³-hybridized carbons (Fsp3) is 0.857. The highest BCUT2D eigenvalue weighted by molar-refractivity contribution is 5.85. The number of rotatable bonds is 7. The first-order chi connectivity index (χ1) is 8.25. The van der Waals surface area contributed by atoms with Crippen molar-refractivity contribution >= 4 is 11.9 Å². The van der Waals surface area contributed by atoms with Gasteiger partial charge in [0.2, 0.25) is 0 Å². The molecule has 0 aromatic heterocycles. The SMILES string of the molecule is CCOC(=O)C(CC)(C(C)C)C(C(=O)O)C(C)C. The van der Waals surface area contributed by atoms with E-state index in [4.69, 9.17) is 4.74 Å². The van der Waals surface area contributed by atoms with Gasteiger partial charge >= 0.3 is 11.9 Å². The highest BCUT2D eigenvalue weighted by Gasteiger charge is 2.52. The molecule has 2 unspecified atom stereocenters. The predicted molar refractivity (Wildman–Crippen MR) is 70.2 cm³/mol. The van der Waals surface area contributed by atoms with Crippen LogP contribution in [0.3, 0.4) is 0 Å². The molecule has 0 aromatic carbocycles. The topological polar surface area (TPSA) is 63.6 Å². The Morgan fingerprint density at radius 2 is 1.67 bits per heavy atom. The van der Waals surface area contributed by atoms with Gasteiger partial charge in [-0.2, -0.15) is 0 Å². The first-order valence-corrected chi connectivity index (χ1v) is 6.65. The van der Waals surface area contributed by atoms with Crippen LogP contribution in [-0.2, 0) is 14.3 Å². The number of hydrogen-bond acceptors (Lipinski definition) is 3. The van der Waals surface area contributed by atoms with E-state index in [9.17, 15) is 14.7 Å². The van der Waals surface area contributed by atoms with E-state index in [2.05, 4.69) is 0 Å². The average molecular weight is 258 g/mol. The van der Waals surface area contributed by atoms with Crippen LogP contribution in [0.4, 0.5) is 0 Å². The summed E-state index contributed by atoms with van der Waals surface area (Å²) < 4.78 is 5.14. The second-order valence-corrected chi connectivity index (χ2v) is 5.33. The number of carboxylic acids is 1. The second kappa shape index (κ2) is 6.76. The lowest BCUT2D eigenvalue weighted by Gasteiger charge is -2.40. The van der Waals surface area contributed by atoms with Crippen LogP contribution in [0.2, 0.25) is 0 Å². The predicted octanol–water partition coefficient (Wildman–Crippen LogP) is 2.96. The quantitative estimate of drug-likeness (QED) is 0.713. The van der Waals surface area contributed by atoms with Crippen LogP contribution >= 0.6 is 0 Å². The summed E-state index contributed by atoms with van der Waals surface area (Å²) in [7, 11) is 0. The lowest BCUT2D eigenvalue weighted by atomic mass is 9.62. The maximum atomic E-state index is 12.3. The highest BCUT2D eigenvalue weighted by atomic mass is 16.5. The average Bonchev–Trinajstić information content (AvgIpc) is 2.23. The molecular weight excluding hydrogens is 232 g/mol. The van der Waals surface area contributed by atoms with E-state index >= 15 is 0 Å². The summed E-state index contributed by atoms with van der Waals surface area (Å²) >= 11 is 0. The molecule has 4 heteroatoms. The zero-order valence-corrected chi connectivity index (χ0v) is 12.3. The first kappa shape index (κ1) is 16.9. The van der Waals surface area contributed by atoms with Crippen LogP contribution < -0.4 is 0 Å². The van der Waals surface area contributed by atoms with Crippen LogP contribution in [0.5, 0.6) is 0 Å². The van der Waals surface area contributed by atoms with Crippen molar-refractivity contribution in [2.45, 2.75) is 48.0 Å². The molecule has 0 fully saturated rings. The molecule has 0 saturated heterocycles. The van der Waals surface area contributed by atoms with Crippen molar-refractivity contribution in [2.24, 2.45) is 23.2 Å². The summed E-state index contributed by atoms with van der Waals surface area (Å²) in [4.78, 5) is 23.9. The molecule has 0 saturated carbocycles. The third kappa shape index (κ3) is 3.03. The van der Waals surface area contributed by atoms with Crippen molar-refractivity contribution in [3.05, 3.63) is 0 Å². The van der Waals surface area contributed by atoms with Gasteiger partial charge in [0.05, 0.1) is 17.9 Å². The fourth-order valence-electron chi connectivity index (χ4n) is 2.86. The molecule has 0 aliphatic rings. The number of hydrogen-bond donors (Lipinski definition) is 1. The van der Waals surface area contributed by atoms with Crippen LogP contribution in [0.15, 0.2) is 0 Å². The lowest BCUT2D eigenvalue weighted by molar-refractivity contribution is -0.174. The van der Waals surface area contributed by atoms with Gasteiger partial charge in [-0.15, -0.1) is 0 Å². The number of carbonyl (C=O) groups excluding carboxylic acids is 1. The maximum Gasteiger partial charge on any atom is 0.313 e. The largest absolute Gasteiger partial charge is 0.481 e. The minimum absolute atomic E-state index is 0.0787. The van der Waals surface area contributed by atoms with Crippen molar-refractivity contribution in [1.82, 2.24) is 0 Å². The van der Waals surface area contributed by atoms with Gasteiger partial charge in [-0.3, -0.25) is 9.59 Å². The molecule has 0 spiro atoms. The molecule has 0 aliphatic carbocycles.